The van der Waals surface area contributed by atoms with Gasteiger partial charge in [0.25, 0.3) is 5.91 Å². The number of amides is 1. The SMILES string of the molecule is CC[C@@H](NC(=O)c1cc(NS(C)(=O)=O)ccc1Cl)c1ccc2c(c1)CCCC2. The Morgan fingerprint density at radius 2 is 1.82 bits per heavy atom. The maximum atomic E-state index is 12.8. The molecule has 0 radical (unpaired) electrons. The topological polar surface area (TPSA) is 75.3 Å². The minimum absolute atomic E-state index is 0.137. The number of fused-ring (bicyclic) bond motifs is 1. The van der Waals surface area contributed by atoms with Gasteiger partial charge < -0.3 is 5.32 Å². The normalized spacial score (nSPS) is 14.8. The molecule has 0 bridgehead atoms. The molecule has 0 spiro atoms. The molecule has 0 unspecified atom stereocenters. The molecule has 150 valence electrons. The summed E-state index contributed by atoms with van der Waals surface area (Å²) in [6.45, 7) is 2.02. The summed E-state index contributed by atoms with van der Waals surface area (Å²) in [6, 6.07) is 10.8. The van der Waals surface area contributed by atoms with Crippen molar-refractivity contribution in [1.29, 1.82) is 0 Å². The molecule has 0 fully saturated rings. The molecule has 1 atom stereocenters. The van der Waals surface area contributed by atoms with Crippen LogP contribution in [0, 0.1) is 0 Å². The van der Waals surface area contributed by atoms with Crippen LogP contribution in [0.2, 0.25) is 5.02 Å². The molecule has 2 aromatic carbocycles. The van der Waals surface area contributed by atoms with Gasteiger partial charge in [0.2, 0.25) is 10.0 Å². The Kier molecular flexibility index (Phi) is 6.30. The maximum absolute atomic E-state index is 12.8. The van der Waals surface area contributed by atoms with Crippen molar-refractivity contribution in [2.24, 2.45) is 0 Å². The number of aryl methyl sites for hydroxylation is 2. The first kappa shape index (κ1) is 20.7. The van der Waals surface area contributed by atoms with Crippen molar-refractivity contribution in [3.8, 4) is 0 Å². The zero-order chi connectivity index (χ0) is 20.3. The first-order chi connectivity index (χ1) is 13.3. The summed E-state index contributed by atoms with van der Waals surface area (Å²) in [5.41, 5.74) is 4.40. The van der Waals surface area contributed by atoms with E-state index in [-0.39, 0.29) is 22.5 Å². The van der Waals surface area contributed by atoms with Crippen molar-refractivity contribution in [2.45, 2.75) is 45.1 Å². The van der Waals surface area contributed by atoms with Gasteiger partial charge >= 0.3 is 0 Å². The summed E-state index contributed by atoms with van der Waals surface area (Å²) in [4.78, 5) is 12.8. The molecule has 0 saturated carbocycles. The second kappa shape index (κ2) is 8.53. The van der Waals surface area contributed by atoms with Gasteiger partial charge in [0.15, 0.2) is 0 Å². The largest absolute Gasteiger partial charge is 0.345 e. The number of halogens is 1. The fraction of sp³-hybridized carbons (Fsp3) is 0.381. The van der Waals surface area contributed by atoms with E-state index in [0.29, 0.717) is 5.69 Å². The minimum Gasteiger partial charge on any atom is -0.345 e. The lowest BCUT2D eigenvalue weighted by atomic mass is 9.88. The number of hydrogen-bond acceptors (Lipinski definition) is 3. The van der Waals surface area contributed by atoms with E-state index < -0.39 is 10.0 Å². The number of rotatable bonds is 6. The highest BCUT2D eigenvalue weighted by molar-refractivity contribution is 7.92. The van der Waals surface area contributed by atoms with Crippen LogP contribution in [0.1, 0.15) is 59.3 Å². The summed E-state index contributed by atoms with van der Waals surface area (Å²) < 4.78 is 25.3. The zero-order valence-corrected chi connectivity index (χ0v) is 17.7. The van der Waals surface area contributed by atoms with Crippen molar-refractivity contribution in [2.75, 3.05) is 11.0 Å². The first-order valence-corrected chi connectivity index (χ1v) is 11.7. The van der Waals surface area contributed by atoms with Crippen LogP contribution in [0.5, 0.6) is 0 Å². The fourth-order valence-corrected chi connectivity index (χ4v) is 4.36. The van der Waals surface area contributed by atoms with Crippen LogP contribution >= 0.6 is 11.6 Å². The van der Waals surface area contributed by atoms with E-state index in [1.54, 1.807) is 0 Å². The molecule has 1 aliphatic carbocycles. The molecule has 2 aromatic rings. The molecule has 3 rings (SSSR count). The second-order valence-electron chi connectivity index (χ2n) is 7.24. The van der Waals surface area contributed by atoms with Crippen LogP contribution in [0.3, 0.4) is 0 Å². The van der Waals surface area contributed by atoms with Gasteiger partial charge in [-0.15, -0.1) is 0 Å². The summed E-state index contributed by atoms with van der Waals surface area (Å²) in [6.07, 6.45) is 6.44. The van der Waals surface area contributed by atoms with Crippen molar-refractivity contribution in [3.63, 3.8) is 0 Å². The summed E-state index contributed by atoms with van der Waals surface area (Å²) in [7, 11) is -3.44. The Bertz CT molecular complexity index is 989. The minimum atomic E-state index is -3.44. The van der Waals surface area contributed by atoms with Crippen LogP contribution in [-0.4, -0.2) is 20.6 Å². The number of nitrogens with one attached hydrogen (secondary N) is 2. The second-order valence-corrected chi connectivity index (χ2v) is 9.39. The summed E-state index contributed by atoms with van der Waals surface area (Å²) in [5.74, 6) is -0.327. The molecule has 7 heteroatoms. The van der Waals surface area contributed by atoms with Crippen molar-refractivity contribution in [3.05, 3.63) is 63.7 Å². The first-order valence-electron chi connectivity index (χ1n) is 9.46. The van der Waals surface area contributed by atoms with Gasteiger partial charge in [-0.05, 0) is 67.0 Å². The Balaban J connectivity index is 1.81. The molecule has 1 amide bonds. The third-order valence-electron chi connectivity index (χ3n) is 5.00. The van der Waals surface area contributed by atoms with E-state index >= 15 is 0 Å². The highest BCUT2D eigenvalue weighted by Crippen LogP contribution is 2.27. The summed E-state index contributed by atoms with van der Waals surface area (Å²) >= 11 is 6.19. The van der Waals surface area contributed by atoms with E-state index in [1.807, 2.05) is 6.92 Å². The lowest BCUT2D eigenvalue weighted by Crippen LogP contribution is -2.28. The average molecular weight is 421 g/mol. The fourth-order valence-electron chi connectivity index (χ4n) is 3.60. The van der Waals surface area contributed by atoms with Gasteiger partial charge in [-0.3, -0.25) is 9.52 Å². The van der Waals surface area contributed by atoms with Gasteiger partial charge in [0, 0.05) is 5.69 Å². The van der Waals surface area contributed by atoms with Crippen molar-refractivity contribution >= 4 is 33.2 Å². The Morgan fingerprint density at radius 3 is 2.50 bits per heavy atom. The predicted molar refractivity (Wildman–Crippen MR) is 114 cm³/mol. The summed E-state index contributed by atoms with van der Waals surface area (Å²) in [5, 5.41) is 3.31. The van der Waals surface area contributed by atoms with Crippen LogP contribution < -0.4 is 10.0 Å². The Hall–Kier alpha value is -2.05. The molecule has 5 nitrogen and oxygen atoms in total. The molecular weight excluding hydrogens is 396 g/mol. The standard InChI is InChI=1S/C21H25ClN2O3S/c1-3-20(16-9-8-14-6-4-5-7-15(14)12-16)23-21(25)18-13-17(10-11-19(18)22)24-28(2,26)27/h8-13,20,24H,3-7H2,1-2H3,(H,23,25)/t20-/m1/s1. The maximum Gasteiger partial charge on any atom is 0.253 e. The lowest BCUT2D eigenvalue weighted by Gasteiger charge is -2.22. The molecule has 1 aliphatic rings. The van der Waals surface area contributed by atoms with Gasteiger partial charge in [-0.25, -0.2) is 8.42 Å². The van der Waals surface area contributed by atoms with Crippen LogP contribution in [0.25, 0.3) is 0 Å². The average Bonchev–Trinajstić information content (AvgIpc) is 2.66. The molecule has 0 aromatic heterocycles. The van der Waals surface area contributed by atoms with Gasteiger partial charge in [-0.1, -0.05) is 36.7 Å². The third kappa shape index (κ3) is 5.06. The molecule has 2 N–H and O–H groups in total. The molecule has 28 heavy (non-hydrogen) atoms. The number of sulfonamides is 1. The Labute approximate surface area is 171 Å². The van der Waals surface area contributed by atoms with Crippen molar-refractivity contribution in [1.82, 2.24) is 5.32 Å². The smallest absolute Gasteiger partial charge is 0.253 e. The number of benzene rings is 2. The van der Waals surface area contributed by atoms with E-state index in [2.05, 4.69) is 28.2 Å². The quantitative estimate of drug-likeness (QED) is 0.723. The van der Waals surface area contributed by atoms with E-state index in [0.717, 1.165) is 31.1 Å². The molecule has 0 aliphatic heterocycles. The lowest BCUT2D eigenvalue weighted by molar-refractivity contribution is 0.0935. The molecule has 0 heterocycles. The highest BCUT2D eigenvalue weighted by Gasteiger charge is 2.19. The molecular formula is C21H25ClN2O3S. The third-order valence-corrected chi connectivity index (χ3v) is 5.94. The van der Waals surface area contributed by atoms with E-state index in [1.165, 1.54) is 42.2 Å². The monoisotopic (exact) mass is 420 g/mol. The highest BCUT2D eigenvalue weighted by atomic mass is 35.5. The van der Waals surface area contributed by atoms with Crippen molar-refractivity contribution < 1.29 is 13.2 Å². The van der Waals surface area contributed by atoms with E-state index in [9.17, 15) is 13.2 Å². The van der Waals surface area contributed by atoms with Gasteiger partial charge in [0.1, 0.15) is 0 Å². The van der Waals surface area contributed by atoms with Gasteiger partial charge in [0.05, 0.1) is 22.9 Å². The zero-order valence-electron chi connectivity index (χ0n) is 16.1. The number of hydrogen-bond donors (Lipinski definition) is 2. The predicted octanol–water partition coefficient (Wildman–Crippen LogP) is 4.47. The van der Waals surface area contributed by atoms with Crippen LogP contribution in [-0.2, 0) is 22.9 Å². The van der Waals surface area contributed by atoms with E-state index in [4.69, 9.17) is 11.6 Å². The Morgan fingerprint density at radius 1 is 1.11 bits per heavy atom. The number of carbonyl (C=O) groups excluding carboxylic acids is 1. The van der Waals surface area contributed by atoms with Gasteiger partial charge in [-0.2, -0.15) is 0 Å². The molecule has 0 saturated heterocycles. The van der Waals surface area contributed by atoms with Crippen LogP contribution in [0.15, 0.2) is 36.4 Å². The number of anilines is 1. The van der Waals surface area contributed by atoms with Crippen LogP contribution in [0.4, 0.5) is 5.69 Å². The number of carbonyl (C=O) groups is 1.